The average Bonchev–Trinajstić information content (AvgIpc) is 3.23. The molecule has 1 fully saturated rings. The smallest absolute Gasteiger partial charge is 0.245 e. The standard InChI is InChI=1S/C16H12ClFN4O2/c17-12-5-8(1-4-13(12)18)14-11(7-20-22-14)15(23)10(6-19)16(24)21-9-2-3-9/h1,4-5,7,9-10H,2-3H2,(H,20,22)(H,21,24)/t10-/m0/s1. The zero-order valence-corrected chi connectivity index (χ0v) is 13.1. The van der Waals surface area contributed by atoms with E-state index in [2.05, 4.69) is 15.5 Å². The average molecular weight is 347 g/mol. The van der Waals surface area contributed by atoms with Crippen LogP contribution in [0.2, 0.25) is 5.02 Å². The third kappa shape index (κ3) is 3.14. The minimum Gasteiger partial charge on any atom is -0.352 e. The Labute approximate surface area is 141 Å². The molecule has 8 heteroatoms. The summed E-state index contributed by atoms with van der Waals surface area (Å²) in [4.78, 5) is 24.6. The van der Waals surface area contributed by atoms with Crippen molar-refractivity contribution in [2.24, 2.45) is 5.92 Å². The van der Waals surface area contributed by atoms with Crippen molar-refractivity contribution in [2.45, 2.75) is 18.9 Å². The van der Waals surface area contributed by atoms with Crippen LogP contribution in [0.15, 0.2) is 24.4 Å². The largest absolute Gasteiger partial charge is 0.352 e. The van der Waals surface area contributed by atoms with Gasteiger partial charge in [0.2, 0.25) is 5.91 Å². The van der Waals surface area contributed by atoms with E-state index in [0.29, 0.717) is 5.56 Å². The Morgan fingerprint density at radius 1 is 1.46 bits per heavy atom. The lowest BCUT2D eigenvalue weighted by molar-refractivity contribution is -0.122. The molecule has 0 spiro atoms. The highest BCUT2D eigenvalue weighted by atomic mass is 35.5. The maximum Gasteiger partial charge on any atom is 0.245 e. The lowest BCUT2D eigenvalue weighted by Gasteiger charge is -2.09. The zero-order valence-electron chi connectivity index (χ0n) is 12.3. The molecule has 0 saturated heterocycles. The van der Waals surface area contributed by atoms with Gasteiger partial charge in [0.05, 0.1) is 28.5 Å². The molecule has 0 aliphatic heterocycles. The summed E-state index contributed by atoms with van der Waals surface area (Å²) in [5, 5.41) is 18.2. The van der Waals surface area contributed by atoms with E-state index in [1.165, 1.54) is 18.3 Å². The Bertz CT molecular complexity index is 854. The topological polar surface area (TPSA) is 98.6 Å². The molecule has 1 aliphatic rings. The molecule has 1 saturated carbocycles. The van der Waals surface area contributed by atoms with Gasteiger partial charge in [-0.3, -0.25) is 14.7 Å². The lowest BCUT2D eigenvalue weighted by Crippen LogP contribution is -2.36. The highest BCUT2D eigenvalue weighted by Crippen LogP contribution is 2.27. The van der Waals surface area contributed by atoms with Crippen LogP contribution < -0.4 is 5.32 Å². The minimum atomic E-state index is -1.46. The van der Waals surface area contributed by atoms with Crippen molar-refractivity contribution in [3.8, 4) is 17.3 Å². The van der Waals surface area contributed by atoms with Crippen molar-refractivity contribution >= 4 is 23.3 Å². The second-order valence-corrected chi connectivity index (χ2v) is 5.90. The third-order valence-corrected chi connectivity index (χ3v) is 3.98. The number of carbonyl (C=O) groups is 2. The Kier molecular flexibility index (Phi) is 4.32. The maximum absolute atomic E-state index is 13.3. The molecule has 1 amide bonds. The first-order valence-corrected chi connectivity index (χ1v) is 7.62. The quantitative estimate of drug-likeness (QED) is 0.641. The number of nitrogens with zero attached hydrogens (tertiary/aromatic N) is 2. The van der Waals surface area contributed by atoms with E-state index in [0.717, 1.165) is 18.9 Å². The highest BCUT2D eigenvalue weighted by Gasteiger charge is 2.33. The fourth-order valence-corrected chi connectivity index (χ4v) is 2.43. The van der Waals surface area contributed by atoms with Crippen LogP contribution in [0.3, 0.4) is 0 Å². The van der Waals surface area contributed by atoms with Gasteiger partial charge >= 0.3 is 0 Å². The minimum absolute atomic E-state index is 0.0425. The van der Waals surface area contributed by atoms with Gasteiger partial charge in [0.25, 0.3) is 0 Å². The first-order valence-electron chi connectivity index (χ1n) is 7.24. The molecule has 2 N–H and O–H groups in total. The molecular weight excluding hydrogens is 335 g/mol. The van der Waals surface area contributed by atoms with Gasteiger partial charge in [-0.2, -0.15) is 10.4 Å². The predicted octanol–water partition coefficient (Wildman–Crippen LogP) is 2.47. The fourth-order valence-electron chi connectivity index (χ4n) is 2.25. The SMILES string of the molecule is N#C[C@H](C(=O)NC1CC1)C(=O)c1cn[nH]c1-c1ccc(F)c(Cl)c1. The number of amides is 1. The van der Waals surface area contributed by atoms with Crippen LogP contribution in [0.1, 0.15) is 23.2 Å². The van der Waals surface area contributed by atoms with Gasteiger partial charge in [-0.05, 0) is 31.0 Å². The summed E-state index contributed by atoms with van der Waals surface area (Å²) in [6.45, 7) is 0. The number of benzene rings is 1. The Balaban J connectivity index is 1.90. The van der Waals surface area contributed by atoms with Crippen LogP contribution in [0, 0.1) is 23.1 Å². The second-order valence-electron chi connectivity index (χ2n) is 5.50. The molecule has 0 radical (unpaired) electrons. The van der Waals surface area contributed by atoms with E-state index in [4.69, 9.17) is 11.6 Å². The van der Waals surface area contributed by atoms with E-state index < -0.39 is 23.4 Å². The summed E-state index contributed by atoms with van der Waals surface area (Å²) >= 11 is 5.76. The van der Waals surface area contributed by atoms with Gasteiger partial charge in [-0.15, -0.1) is 0 Å². The van der Waals surface area contributed by atoms with Crippen molar-refractivity contribution in [3.05, 3.63) is 40.8 Å². The monoisotopic (exact) mass is 346 g/mol. The number of nitrogens with one attached hydrogen (secondary N) is 2. The van der Waals surface area contributed by atoms with E-state index in [-0.39, 0.29) is 22.3 Å². The molecule has 3 rings (SSSR count). The lowest BCUT2D eigenvalue weighted by atomic mass is 9.96. The summed E-state index contributed by atoms with van der Waals surface area (Å²) in [6, 6.07) is 5.70. The number of nitriles is 1. The van der Waals surface area contributed by atoms with Gasteiger partial charge in [-0.25, -0.2) is 4.39 Å². The van der Waals surface area contributed by atoms with Crippen LogP contribution in [0.5, 0.6) is 0 Å². The van der Waals surface area contributed by atoms with Crippen molar-refractivity contribution < 1.29 is 14.0 Å². The molecule has 1 aromatic heterocycles. The molecule has 1 aromatic carbocycles. The number of halogens is 2. The number of hydrogen-bond donors (Lipinski definition) is 2. The van der Waals surface area contributed by atoms with Crippen LogP contribution in [0.4, 0.5) is 4.39 Å². The van der Waals surface area contributed by atoms with Crippen molar-refractivity contribution in [3.63, 3.8) is 0 Å². The predicted molar refractivity (Wildman–Crippen MR) is 83.6 cm³/mol. The zero-order chi connectivity index (χ0) is 17.3. The second kappa shape index (κ2) is 6.42. The molecular formula is C16H12ClFN4O2. The van der Waals surface area contributed by atoms with Gasteiger partial charge in [0, 0.05) is 11.6 Å². The van der Waals surface area contributed by atoms with Crippen LogP contribution in [-0.2, 0) is 4.79 Å². The van der Waals surface area contributed by atoms with Gasteiger partial charge < -0.3 is 5.32 Å². The van der Waals surface area contributed by atoms with Crippen LogP contribution in [0.25, 0.3) is 11.3 Å². The molecule has 0 unspecified atom stereocenters. The van der Waals surface area contributed by atoms with Crippen molar-refractivity contribution in [1.82, 2.24) is 15.5 Å². The number of rotatable bonds is 5. The first-order chi connectivity index (χ1) is 11.5. The van der Waals surface area contributed by atoms with Crippen LogP contribution in [-0.4, -0.2) is 27.9 Å². The summed E-state index contributed by atoms with van der Waals surface area (Å²) in [6.07, 6.45) is 2.94. The Morgan fingerprint density at radius 3 is 2.83 bits per heavy atom. The van der Waals surface area contributed by atoms with E-state index >= 15 is 0 Å². The van der Waals surface area contributed by atoms with E-state index in [1.54, 1.807) is 6.07 Å². The molecule has 1 heterocycles. The van der Waals surface area contributed by atoms with Crippen molar-refractivity contribution in [1.29, 1.82) is 5.26 Å². The molecule has 0 bridgehead atoms. The summed E-state index contributed by atoms with van der Waals surface area (Å²) in [5.41, 5.74) is 0.790. The van der Waals surface area contributed by atoms with Gasteiger partial charge in [-0.1, -0.05) is 11.6 Å². The Morgan fingerprint density at radius 2 is 2.21 bits per heavy atom. The molecule has 1 aliphatic carbocycles. The highest BCUT2D eigenvalue weighted by molar-refractivity contribution is 6.31. The van der Waals surface area contributed by atoms with E-state index in [1.807, 2.05) is 0 Å². The Hall–Kier alpha value is -2.72. The first kappa shape index (κ1) is 16.1. The number of ketones is 1. The summed E-state index contributed by atoms with van der Waals surface area (Å²) < 4.78 is 13.3. The van der Waals surface area contributed by atoms with E-state index in [9.17, 15) is 19.2 Å². The molecule has 2 aromatic rings. The third-order valence-electron chi connectivity index (χ3n) is 3.69. The normalized spacial score (nSPS) is 14.7. The number of carbonyl (C=O) groups excluding carboxylic acids is 2. The number of aromatic nitrogens is 2. The number of Topliss-reactive ketones (excluding diaryl/α,β-unsaturated/α-hetero) is 1. The molecule has 6 nitrogen and oxygen atoms in total. The summed E-state index contributed by atoms with van der Waals surface area (Å²) in [5.74, 6) is -3.33. The number of hydrogen-bond acceptors (Lipinski definition) is 4. The van der Waals surface area contributed by atoms with Gasteiger partial charge in [0.15, 0.2) is 11.7 Å². The maximum atomic E-state index is 13.3. The van der Waals surface area contributed by atoms with Crippen LogP contribution >= 0.6 is 11.6 Å². The molecule has 24 heavy (non-hydrogen) atoms. The molecule has 122 valence electrons. The number of aromatic amines is 1. The summed E-state index contributed by atoms with van der Waals surface area (Å²) in [7, 11) is 0. The van der Waals surface area contributed by atoms with Crippen molar-refractivity contribution in [2.75, 3.05) is 0 Å². The molecule has 1 atom stereocenters. The van der Waals surface area contributed by atoms with Gasteiger partial charge in [0.1, 0.15) is 5.82 Å². The number of H-pyrrole nitrogens is 1. The fraction of sp³-hybridized carbons (Fsp3) is 0.250.